The first-order chi connectivity index (χ1) is 16.1. The van der Waals surface area contributed by atoms with Crippen molar-refractivity contribution in [2.75, 3.05) is 25.1 Å². The summed E-state index contributed by atoms with van der Waals surface area (Å²) in [5.74, 6) is 0.788. The summed E-state index contributed by atoms with van der Waals surface area (Å²) in [5.41, 5.74) is 2.24. The Balaban J connectivity index is 1.89. The average Bonchev–Trinajstić information content (AvgIpc) is 2.83. The van der Waals surface area contributed by atoms with Crippen molar-refractivity contribution >= 4 is 37.5 Å². The van der Waals surface area contributed by atoms with Gasteiger partial charge in [0.15, 0.2) is 0 Å². The number of nitrogens with one attached hydrogen (secondary N) is 1. The zero-order valence-electron chi connectivity index (χ0n) is 19.4. The van der Waals surface area contributed by atoms with Crippen LogP contribution in [0.3, 0.4) is 0 Å². The second-order valence-electron chi connectivity index (χ2n) is 7.71. The minimum Gasteiger partial charge on any atom is -0.497 e. The molecule has 0 bridgehead atoms. The third kappa shape index (κ3) is 5.90. The van der Waals surface area contributed by atoms with E-state index in [9.17, 15) is 13.2 Å². The summed E-state index contributed by atoms with van der Waals surface area (Å²) < 4.78 is 39.2. The van der Waals surface area contributed by atoms with Crippen molar-refractivity contribution in [2.45, 2.75) is 24.8 Å². The van der Waals surface area contributed by atoms with Gasteiger partial charge in [0.25, 0.3) is 10.0 Å². The Labute approximate surface area is 208 Å². The van der Waals surface area contributed by atoms with Crippen LogP contribution < -0.4 is 19.1 Å². The summed E-state index contributed by atoms with van der Waals surface area (Å²) in [6, 6.07) is 18.5. The highest BCUT2D eigenvalue weighted by Crippen LogP contribution is 2.31. The number of nitrogens with zero attached hydrogens (tertiary/aromatic N) is 1. The van der Waals surface area contributed by atoms with E-state index in [4.69, 9.17) is 9.47 Å². The predicted molar refractivity (Wildman–Crippen MR) is 136 cm³/mol. The van der Waals surface area contributed by atoms with E-state index in [-0.39, 0.29) is 17.5 Å². The maximum Gasteiger partial charge on any atom is 0.264 e. The van der Waals surface area contributed by atoms with Crippen LogP contribution in [0.2, 0.25) is 0 Å². The highest BCUT2D eigenvalue weighted by molar-refractivity contribution is 9.10. The Morgan fingerprint density at radius 1 is 1.00 bits per heavy atom. The Hall–Kier alpha value is -3.04. The van der Waals surface area contributed by atoms with Gasteiger partial charge in [0, 0.05) is 0 Å². The first-order valence-electron chi connectivity index (χ1n) is 10.5. The third-order valence-corrected chi connectivity index (χ3v) is 7.70. The molecule has 180 valence electrons. The number of amides is 1. The van der Waals surface area contributed by atoms with E-state index in [1.807, 2.05) is 38.1 Å². The van der Waals surface area contributed by atoms with Crippen LogP contribution in [0.25, 0.3) is 0 Å². The molecule has 1 N–H and O–H groups in total. The number of carbonyl (C=O) groups is 1. The topological polar surface area (TPSA) is 84.9 Å². The SMILES string of the molecule is COc1ccc([C@@H](C)NC(=O)CN(c2ccc(C)cc2)S(=O)(=O)c2ccc(OC)c(Br)c2)cc1. The molecule has 0 aliphatic rings. The lowest BCUT2D eigenvalue weighted by Crippen LogP contribution is -2.41. The van der Waals surface area contributed by atoms with Crippen molar-refractivity contribution in [3.63, 3.8) is 0 Å². The summed E-state index contributed by atoms with van der Waals surface area (Å²) >= 11 is 3.34. The molecule has 3 aromatic rings. The molecule has 1 amide bonds. The zero-order valence-corrected chi connectivity index (χ0v) is 21.8. The van der Waals surface area contributed by atoms with Crippen molar-refractivity contribution in [3.8, 4) is 11.5 Å². The minimum atomic E-state index is -4.05. The molecule has 0 spiro atoms. The van der Waals surface area contributed by atoms with Crippen LogP contribution in [0.5, 0.6) is 11.5 Å². The highest BCUT2D eigenvalue weighted by atomic mass is 79.9. The van der Waals surface area contributed by atoms with Crippen molar-refractivity contribution in [1.29, 1.82) is 0 Å². The number of carbonyl (C=O) groups excluding carboxylic acids is 1. The standard InChI is InChI=1S/C25H27BrN2O5S/c1-17-5-9-20(10-6-17)28(34(30,31)22-13-14-24(33-4)23(26)15-22)16-25(29)27-18(2)19-7-11-21(32-3)12-8-19/h5-15,18H,16H2,1-4H3,(H,27,29)/t18-/m1/s1. The normalized spacial score (nSPS) is 12.0. The van der Waals surface area contributed by atoms with Crippen LogP contribution >= 0.6 is 15.9 Å². The van der Waals surface area contributed by atoms with Crippen LogP contribution in [0.1, 0.15) is 24.1 Å². The van der Waals surface area contributed by atoms with E-state index in [1.54, 1.807) is 37.4 Å². The van der Waals surface area contributed by atoms with E-state index in [1.165, 1.54) is 19.2 Å². The molecule has 9 heteroatoms. The minimum absolute atomic E-state index is 0.0387. The molecule has 0 aromatic heterocycles. The predicted octanol–water partition coefficient (Wildman–Crippen LogP) is 4.85. The lowest BCUT2D eigenvalue weighted by atomic mass is 10.1. The molecule has 0 fully saturated rings. The van der Waals surface area contributed by atoms with Crippen LogP contribution in [0.15, 0.2) is 76.1 Å². The molecule has 3 aromatic carbocycles. The van der Waals surface area contributed by atoms with Crippen LogP contribution in [-0.4, -0.2) is 35.1 Å². The smallest absolute Gasteiger partial charge is 0.264 e. The van der Waals surface area contributed by atoms with Gasteiger partial charge in [-0.15, -0.1) is 0 Å². The molecule has 0 aliphatic heterocycles. The highest BCUT2D eigenvalue weighted by Gasteiger charge is 2.28. The summed E-state index contributed by atoms with van der Waals surface area (Å²) in [6.45, 7) is 3.37. The first kappa shape index (κ1) is 25.6. The van der Waals surface area contributed by atoms with Crippen LogP contribution in [-0.2, 0) is 14.8 Å². The lowest BCUT2D eigenvalue weighted by Gasteiger charge is -2.25. The van der Waals surface area contributed by atoms with Gasteiger partial charge in [-0.3, -0.25) is 9.10 Å². The summed E-state index contributed by atoms with van der Waals surface area (Å²) in [5, 5.41) is 2.88. The van der Waals surface area contributed by atoms with E-state index in [0.29, 0.717) is 21.7 Å². The number of rotatable bonds is 9. The summed E-state index contributed by atoms with van der Waals surface area (Å²) in [4.78, 5) is 13.0. The molecule has 1 atom stereocenters. The monoisotopic (exact) mass is 546 g/mol. The Kier molecular flexibility index (Phi) is 8.22. The van der Waals surface area contributed by atoms with Gasteiger partial charge in [-0.1, -0.05) is 29.8 Å². The number of hydrogen-bond donors (Lipinski definition) is 1. The molecule has 3 rings (SSSR count). The van der Waals surface area contributed by atoms with Gasteiger partial charge >= 0.3 is 0 Å². The fourth-order valence-corrected chi connectivity index (χ4v) is 5.49. The van der Waals surface area contributed by atoms with E-state index >= 15 is 0 Å². The second kappa shape index (κ2) is 10.9. The van der Waals surface area contributed by atoms with Crippen molar-refractivity contribution < 1.29 is 22.7 Å². The number of anilines is 1. The van der Waals surface area contributed by atoms with E-state index in [0.717, 1.165) is 15.4 Å². The molecular weight excluding hydrogens is 520 g/mol. The van der Waals surface area contributed by atoms with Crippen molar-refractivity contribution in [2.24, 2.45) is 0 Å². The van der Waals surface area contributed by atoms with Crippen molar-refractivity contribution in [3.05, 3.63) is 82.3 Å². The van der Waals surface area contributed by atoms with E-state index < -0.39 is 15.9 Å². The van der Waals surface area contributed by atoms with Gasteiger partial charge < -0.3 is 14.8 Å². The number of ether oxygens (including phenoxy) is 2. The molecule has 0 saturated heterocycles. The average molecular weight is 547 g/mol. The maximum absolute atomic E-state index is 13.6. The molecule has 0 heterocycles. The summed E-state index contributed by atoms with van der Waals surface area (Å²) in [7, 11) is -0.962. The first-order valence-corrected chi connectivity index (χ1v) is 12.7. The maximum atomic E-state index is 13.6. The molecule has 34 heavy (non-hydrogen) atoms. The molecule has 0 aliphatic carbocycles. The van der Waals surface area contributed by atoms with Gasteiger partial charge in [0.1, 0.15) is 18.0 Å². The van der Waals surface area contributed by atoms with Gasteiger partial charge in [-0.2, -0.15) is 0 Å². The Morgan fingerprint density at radius 3 is 2.21 bits per heavy atom. The second-order valence-corrected chi connectivity index (χ2v) is 10.4. The van der Waals surface area contributed by atoms with Crippen molar-refractivity contribution in [1.82, 2.24) is 5.32 Å². The molecule has 7 nitrogen and oxygen atoms in total. The largest absolute Gasteiger partial charge is 0.497 e. The molecule has 0 saturated carbocycles. The zero-order chi connectivity index (χ0) is 24.9. The fraction of sp³-hybridized carbons (Fsp3) is 0.240. The van der Waals surface area contributed by atoms with Crippen LogP contribution in [0, 0.1) is 6.92 Å². The number of aryl methyl sites for hydroxylation is 1. The van der Waals surface area contributed by atoms with Gasteiger partial charge in [-0.05, 0) is 77.8 Å². The van der Waals surface area contributed by atoms with E-state index in [2.05, 4.69) is 21.2 Å². The number of methoxy groups -OCH3 is 2. The number of sulfonamides is 1. The number of benzene rings is 3. The fourth-order valence-electron chi connectivity index (χ4n) is 3.35. The number of halogens is 1. The summed E-state index contributed by atoms with van der Waals surface area (Å²) in [6.07, 6.45) is 0. The third-order valence-electron chi connectivity index (χ3n) is 5.31. The van der Waals surface area contributed by atoms with Crippen LogP contribution in [0.4, 0.5) is 5.69 Å². The number of hydrogen-bond acceptors (Lipinski definition) is 5. The Bertz CT molecular complexity index is 1250. The van der Waals surface area contributed by atoms with Gasteiger partial charge in [0.05, 0.1) is 35.3 Å². The molecular formula is C25H27BrN2O5S. The molecule has 0 unspecified atom stereocenters. The Morgan fingerprint density at radius 2 is 1.65 bits per heavy atom. The van der Waals surface area contributed by atoms with Gasteiger partial charge in [-0.25, -0.2) is 8.42 Å². The molecule has 0 radical (unpaired) electrons. The quantitative estimate of drug-likeness (QED) is 0.414. The van der Waals surface area contributed by atoms with Gasteiger partial charge in [0.2, 0.25) is 5.91 Å². The lowest BCUT2D eigenvalue weighted by molar-refractivity contribution is -0.120.